The van der Waals surface area contributed by atoms with Crippen LogP contribution in [0.15, 0.2) is 60.7 Å². The summed E-state index contributed by atoms with van der Waals surface area (Å²) in [5.74, 6) is 0. The fourth-order valence-electron chi connectivity index (χ4n) is 1.67. The minimum absolute atomic E-state index is 0.360. The lowest BCUT2D eigenvalue weighted by Crippen LogP contribution is -2.11. The normalized spacial score (nSPS) is 12.1. The zero-order chi connectivity index (χ0) is 12.8. The van der Waals surface area contributed by atoms with Gasteiger partial charge in [-0.2, -0.15) is 0 Å². The third-order valence-corrected chi connectivity index (χ3v) is 2.77. The Morgan fingerprint density at radius 1 is 1.00 bits per heavy atom. The highest BCUT2D eigenvalue weighted by molar-refractivity contribution is 6.64. The lowest BCUT2D eigenvalue weighted by atomic mass is 10.1. The number of carbonyl (C=O) groups is 1. The van der Waals surface area contributed by atoms with Crippen LogP contribution in [0.5, 0.6) is 0 Å². The van der Waals surface area contributed by atoms with Gasteiger partial charge in [-0.05, 0) is 22.7 Å². The Hall–Kier alpha value is -1.64. The first-order valence-corrected chi connectivity index (χ1v) is 6.05. The zero-order valence-electron chi connectivity index (χ0n) is 9.75. The lowest BCUT2D eigenvalue weighted by molar-refractivity contribution is -0.123. The van der Waals surface area contributed by atoms with E-state index >= 15 is 0 Å². The van der Waals surface area contributed by atoms with Crippen LogP contribution in [0.4, 0.5) is 0 Å². The summed E-state index contributed by atoms with van der Waals surface area (Å²) in [5.41, 5.74) is 1.78. The summed E-state index contributed by atoms with van der Waals surface area (Å²) in [6.45, 7) is 0.360. The minimum atomic E-state index is -0.715. The van der Waals surface area contributed by atoms with Crippen molar-refractivity contribution in [2.75, 3.05) is 0 Å². The SMILES string of the molecule is O=C(Cl)C(OCc1ccccc1)c1ccccc1. The highest BCUT2D eigenvalue weighted by atomic mass is 35.5. The fourth-order valence-corrected chi connectivity index (χ4v) is 1.86. The summed E-state index contributed by atoms with van der Waals surface area (Å²) in [4.78, 5) is 11.4. The van der Waals surface area contributed by atoms with Crippen molar-refractivity contribution in [1.29, 1.82) is 0 Å². The Labute approximate surface area is 111 Å². The molecule has 0 aromatic heterocycles. The number of rotatable bonds is 5. The van der Waals surface area contributed by atoms with E-state index in [1.807, 2.05) is 60.7 Å². The van der Waals surface area contributed by atoms with Crippen LogP contribution in [0.25, 0.3) is 0 Å². The van der Waals surface area contributed by atoms with Gasteiger partial charge in [0.15, 0.2) is 6.10 Å². The predicted molar refractivity (Wildman–Crippen MR) is 71.3 cm³/mol. The van der Waals surface area contributed by atoms with Gasteiger partial charge >= 0.3 is 0 Å². The van der Waals surface area contributed by atoms with Gasteiger partial charge in [0, 0.05) is 0 Å². The van der Waals surface area contributed by atoms with Gasteiger partial charge in [-0.15, -0.1) is 0 Å². The number of hydrogen-bond donors (Lipinski definition) is 0. The van der Waals surface area contributed by atoms with Gasteiger partial charge < -0.3 is 4.74 Å². The van der Waals surface area contributed by atoms with Crippen LogP contribution in [0.3, 0.4) is 0 Å². The number of ether oxygens (including phenoxy) is 1. The van der Waals surface area contributed by atoms with E-state index in [9.17, 15) is 4.79 Å². The van der Waals surface area contributed by atoms with E-state index in [-0.39, 0.29) is 0 Å². The van der Waals surface area contributed by atoms with Crippen LogP contribution in [-0.2, 0) is 16.1 Å². The Morgan fingerprint density at radius 3 is 2.11 bits per heavy atom. The number of halogens is 1. The standard InChI is InChI=1S/C15H13ClO2/c16-15(17)14(13-9-5-2-6-10-13)18-11-12-7-3-1-4-8-12/h1-10,14H,11H2. The molecule has 0 bridgehead atoms. The van der Waals surface area contributed by atoms with Crippen LogP contribution in [0, 0.1) is 0 Å². The molecule has 0 aliphatic rings. The van der Waals surface area contributed by atoms with Crippen molar-refractivity contribution >= 4 is 16.8 Å². The molecule has 92 valence electrons. The summed E-state index contributed by atoms with van der Waals surface area (Å²) < 4.78 is 5.59. The molecule has 3 heteroatoms. The van der Waals surface area contributed by atoms with Crippen molar-refractivity contribution in [3.05, 3.63) is 71.8 Å². The maximum atomic E-state index is 11.4. The molecule has 0 saturated heterocycles. The van der Waals surface area contributed by atoms with E-state index in [1.165, 1.54) is 0 Å². The average Bonchev–Trinajstić information content (AvgIpc) is 2.41. The van der Waals surface area contributed by atoms with Crippen molar-refractivity contribution in [2.45, 2.75) is 12.7 Å². The van der Waals surface area contributed by atoms with Gasteiger partial charge in [0.2, 0.25) is 0 Å². The molecule has 1 atom stereocenters. The Kier molecular flexibility index (Phi) is 4.51. The van der Waals surface area contributed by atoms with Crippen LogP contribution in [0.2, 0.25) is 0 Å². The predicted octanol–water partition coefficient (Wildman–Crippen LogP) is 3.71. The minimum Gasteiger partial charge on any atom is -0.360 e. The second-order valence-electron chi connectivity index (χ2n) is 3.89. The molecule has 18 heavy (non-hydrogen) atoms. The monoisotopic (exact) mass is 260 g/mol. The molecule has 1 unspecified atom stereocenters. The van der Waals surface area contributed by atoms with Crippen LogP contribution >= 0.6 is 11.6 Å². The van der Waals surface area contributed by atoms with Gasteiger partial charge in [-0.25, -0.2) is 0 Å². The van der Waals surface area contributed by atoms with Gasteiger partial charge in [0.25, 0.3) is 5.24 Å². The molecule has 0 spiro atoms. The second-order valence-corrected chi connectivity index (χ2v) is 4.26. The molecule has 0 radical (unpaired) electrons. The summed E-state index contributed by atoms with van der Waals surface area (Å²) in [5, 5.41) is -0.503. The van der Waals surface area contributed by atoms with E-state index in [1.54, 1.807) is 0 Å². The van der Waals surface area contributed by atoms with Crippen LogP contribution in [-0.4, -0.2) is 5.24 Å². The van der Waals surface area contributed by atoms with Gasteiger partial charge in [0.1, 0.15) is 0 Å². The Bertz CT molecular complexity index is 496. The third-order valence-electron chi connectivity index (χ3n) is 2.57. The van der Waals surface area contributed by atoms with Gasteiger partial charge in [-0.3, -0.25) is 4.79 Å². The van der Waals surface area contributed by atoms with Gasteiger partial charge in [-0.1, -0.05) is 60.7 Å². The molecule has 0 heterocycles. The highest BCUT2D eigenvalue weighted by Crippen LogP contribution is 2.21. The molecule has 2 nitrogen and oxygen atoms in total. The van der Waals surface area contributed by atoms with Gasteiger partial charge in [0.05, 0.1) is 6.61 Å². The number of hydrogen-bond acceptors (Lipinski definition) is 2. The van der Waals surface area contributed by atoms with E-state index in [0.29, 0.717) is 6.61 Å². The summed E-state index contributed by atoms with van der Waals surface area (Å²) in [6, 6.07) is 18.9. The molecule has 0 aliphatic carbocycles. The smallest absolute Gasteiger partial charge is 0.255 e. The molecular formula is C15H13ClO2. The molecule has 2 aromatic carbocycles. The maximum Gasteiger partial charge on any atom is 0.255 e. The molecule has 0 aliphatic heterocycles. The van der Waals surface area contributed by atoms with Crippen molar-refractivity contribution in [3.8, 4) is 0 Å². The average molecular weight is 261 g/mol. The molecule has 2 aromatic rings. The van der Waals surface area contributed by atoms with Crippen molar-refractivity contribution in [2.24, 2.45) is 0 Å². The first kappa shape index (κ1) is 12.8. The fraction of sp³-hybridized carbons (Fsp3) is 0.133. The van der Waals surface area contributed by atoms with E-state index in [0.717, 1.165) is 11.1 Å². The largest absolute Gasteiger partial charge is 0.360 e. The lowest BCUT2D eigenvalue weighted by Gasteiger charge is -2.14. The van der Waals surface area contributed by atoms with E-state index < -0.39 is 11.3 Å². The van der Waals surface area contributed by atoms with Crippen molar-refractivity contribution in [1.82, 2.24) is 0 Å². The molecule has 0 N–H and O–H groups in total. The van der Waals surface area contributed by atoms with Crippen LogP contribution < -0.4 is 0 Å². The van der Waals surface area contributed by atoms with E-state index in [2.05, 4.69) is 0 Å². The molecule has 0 amide bonds. The highest BCUT2D eigenvalue weighted by Gasteiger charge is 2.18. The number of carbonyl (C=O) groups excluding carboxylic acids is 1. The topological polar surface area (TPSA) is 26.3 Å². The first-order chi connectivity index (χ1) is 8.77. The van der Waals surface area contributed by atoms with Crippen molar-refractivity contribution in [3.63, 3.8) is 0 Å². The Balaban J connectivity index is 2.06. The van der Waals surface area contributed by atoms with Crippen molar-refractivity contribution < 1.29 is 9.53 Å². The molecule has 0 fully saturated rings. The first-order valence-electron chi connectivity index (χ1n) is 5.67. The maximum absolute atomic E-state index is 11.4. The quantitative estimate of drug-likeness (QED) is 0.766. The molecule has 0 saturated carbocycles. The summed E-state index contributed by atoms with van der Waals surface area (Å²) in [6.07, 6.45) is -0.715. The third kappa shape index (κ3) is 3.42. The molecule has 2 rings (SSSR count). The van der Waals surface area contributed by atoms with E-state index in [4.69, 9.17) is 16.3 Å². The summed E-state index contributed by atoms with van der Waals surface area (Å²) in [7, 11) is 0. The number of benzene rings is 2. The second kappa shape index (κ2) is 6.34. The summed E-state index contributed by atoms with van der Waals surface area (Å²) >= 11 is 5.58. The van der Waals surface area contributed by atoms with Crippen LogP contribution in [0.1, 0.15) is 17.2 Å². The zero-order valence-corrected chi connectivity index (χ0v) is 10.5. The molecular weight excluding hydrogens is 248 g/mol. The Morgan fingerprint density at radius 2 is 1.56 bits per heavy atom.